The normalized spacial score (nSPS) is 14.8. The molecule has 0 aliphatic carbocycles. The van der Waals surface area contributed by atoms with Crippen LogP contribution in [0.15, 0.2) is 34.4 Å². The lowest BCUT2D eigenvalue weighted by atomic mass is 10.2. The number of hydrogen-bond acceptors (Lipinski definition) is 6. The van der Waals surface area contributed by atoms with Crippen molar-refractivity contribution in [3.8, 4) is 0 Å². The Labute approximate surface area is 160 Å². The van der Waals surface area contributed by atoms with E-state index in [1.54, 1.807) is 10.5 Å². The lowest BCUT2D eigenvalue weighted by molar-refractivity contribution is 0.123. The van der Waals surface area contributed by atoms with Crippen LogP contribution in [0.2, 0.25) is 5.02 Å². The van der Waals surface area contributed by atoms with Gasteiger partial charge in [0.2, 0.25) is 0 Å². The number of nitrogens with zero attached hydrogens (tertiary/aromatic N) is 3. The number of aryl methyl sites for hydroxylation is 1. The molecular formula is C18H19ClN4O2S. The molecule has 8 heteroatoms. The zero-order valence-electron chi connectivity index (χ0n) is 14.4. The molecule has 1 aromatic carbocycles. The Morgan fingerprint density at radius 2 is 2.15 bits per heavy atom. The van der Waals surface area contributed by atoms with Crippen LogP contribution >= 0.6 is 22.9 Å². The highest BCUT2D eigenvalue weighted by Gasteiger charge is 2.18. The van der Waals surface area contributed by atoms with Gasteiger partial charge in [-0.05, 0) is 19.1 Å². The van der Waals surface area contributed by atoms with Crippen LogP contribution in [0.1, 0.15) is 11.4 Å². The number of benzene rings is 1. The minimum Gasteiger partial charge on any atom is -0.378 e. The highest BCUT2D eigenvalue weighted by atomic mass is 35.5. The van der Waals surface area contributed by atoms with Gasteiger partial charge in [0.25, 0.3) is 5.56 Å². The Kier molecular flexibility index (Phi) is 4.84. The molecular weight excluding hydrogens is 372 g/mol. The average Bonchev–Trinajstić information content (AvgIpc) is 3.02. The molecule has 1 fully saturated rings. The van der Waals surface area contributed by atoms with Gasteiger partial charge in [-0.15, -0.1) is 11.3 Å². The van der Waals surface area contributed by atoms with Crippen LogP contribution in [-0.4, -0.2) is 35.7 Å². The number of rotatable bonds is 4. The van der Waals surface area contributed by atoms with E-state index >= 15 is 0 Å². The first kappa shape index (κ1) is 17.3. The Morgan fingerprint density at radius 3 is 2.96 bits per heavy atom. The molecule has 0 spiro atoms. The summed E-state index contributed by atoms with van der Waals surface area (Å²) in [5.41, 5.74) is 3.48. The van der Waals surface area contributed by atoms with Gasteiger partial charge in [0.05, 0.1) is 41.8 Å². The number of fused-ring (bicyclic) bond motifs is 1. The molecule has 0 saturated carbocycles. The first-order chi connectivity index (χ1) is 12.6. The molecule has 0 amide bonds. The average molecular weight is 391 g/mol. The van der Waals surface area contributed by atoms with Gasteiger partial charge in [0.15, 0.2) is 4.96 Å². The molecule has 136 valence electrons. The van der Waals surface area contributed by atoms with Gasteiger partial charge < -0.3 is 15.0 Å². The molecule has 2 aromatic heterocycles. The molecule has 0 atom stereocenters. The highest BCUT2D eigenvalue weighted by molar-refractivity contribution is 7.15. The summed E-state index contributed by atoms with van der Waals surface area (Å²) in [6.07, 6.45) is 0. The van der Waals surface area contributed by atoms with E-state index in [1.165, 1.54) is 11.3 Å². The highest BCUT2D eigenvalue weighted by Crippen LogP contribution is 2.34. The molecule has 0 bridgehead atoms. The van der Waals surface area contributed by atoms with Gasteiger partial charge in [-0.2, -0.15) is 0 Å². The van der Waals surface area contributed by atoms with E-state index in [2.05, 4.69) is 15.2 Å². The largest absolute Gasteiger partial charge is 0.378 e. The summed E-state index contributed by atoms with van der Waals surface area (Å²) in [5.74, 6) is 0. The van der Waals surface area contributed by atoms with Crippen LogP contribution in [0.3, 0.4) is 0 Å². The van der Waals surface area contributed by atoms with E-state index in [0.29, 0.717) is 35.4 Å². The number of hydrogen-bond donors (Lipinski definition) is 1. The molecule has 1 aliphatic rings. The fourth-order valence-electron chi connectivity index (χ4n) is 3.14. The van der Waals surface area contributed by atoms with E-state index in [9.17, 15) is 4.79 Å². The maximum absolute atomic E-state index is 12.3. The second-order valence-electron chi connectivity index (χ2n) is 6.17. The summed E-state index contributed by atoms with van der Waals surface area (Å²) in [6.45, 7) is 5.36. The molecule has 26 heavy (non-hydrogen) atoms. The number of para-hydroxylation sites is 1. The number of aromatic nitrogens is 2. The van der Waals surface area contributed by atoms with Gasteiger partial charge in [-0.3, -0.25) is 9.20 Å². The molecule has 3 aromatic rings. The molecule has 1 N–H and O–H groups in total. The molecule has 1 aliphatic heterocycles. The van der Waals surface area contributed by atoms with Crippen LogP contribution in [0, 0.1) is 6.92 Å². The predicted octanol–water partition coefficient (Wildman–Crippen LogP) is 3.17. The van der Waals surface area contributed by atoms with Gasteiger partial charge in [0.1, 0.15) is 0 Å². The van der Waals surface area contributed by atoms with E-state index in [4.69, 9.17) is 16.3 Å². The summed E-state index contributed by atoms with van der Waals surface area (Å²) in [4.78, 5) is 19.8. The number of morpholine rings is 1. The molecule has 0 unspecified atom stereocenters. The number of nitrogens with one attached hydrogen (secondary N) is 1. The van der Waals surface area contributed by atoms with Gasteiger partial charge in [-0.25, -0.2) is 4.98 Å². The second-order valence-corrected chi connectivity index (χ2v) is 7.41. The van der Waals surface area contributed by atoms with Crippen molar-refractivity contribution in [2.24, 2.45) is 0 Å². The predicted molar refractivity (Wildman–Crippen MR) is 106 cm³/mol. The lowest BCUT2D eigenvalue weighted by Crippen LogP contribution is -2.36. The maximum Gasteiger partial charge on any atom is 0.259 e. The third kappa shape index (κ3) is 3.30. The number of thiazole rings is 1. The standard InChI is InChI=1S/C18H19ClN4O2S/c1-12-11-26-18-21-13(9-16(24)23(12)18)10-20-15-4-2-3-14(19)17(15)22-5-7-25-8-6-22/h2-4,9,11,20H,5-8,10H2,1H3. The third-order valence-corrected chi connectivity index (χ3v) is 5.65. The van der Waals surface area contributed by atoms with Crippen molar-refractivity contribution in [2.45, 2.75) is 13.5 Å². The smallest absolute Gasteiger partial charge is 0.259 e. The van der Waals surface area contributed by atoms with Gasteiger partial charge in [-0.1, -0.05) is 17.7 Å². The Bertz CT molecular complexity index is 995. The maximum atomic E-state index is 12.3. The van der Waals surface area contributed by atoms with Crippen LogP contribution in [0.5, 0.6) is 0 Å². The van der Waals surface area contributed by atoms with Crippen molar-refractivity contribution >= 4 is 39.3 Å². The van der Waals surface area contributed by atoms with Gasteiger partial charge >= 0.3 is 0 Å². The second kappa shape index (κ2) is 7.26. The summed E-state index contributed by atoms with van der Waals surface area (Å²) in [7, 11) is 0. The SMILES string of the molecule is Cc1csc2nc(CNc3cccc(Cl)c3N3CCOCC3)cc(=O)n12. The molecule has 3 heterocycles. The fraction of sp³-hybridized carbons (Fsp3) is 0.333. The Balaban J connectivity index is 1.60. The Hall–Kier alpha value is -2.09. The van der Waals surface area contributed by atoms with Crippen molar-refractivity contribution in [3.63, 3.8) is 0 Å². The first-order valence-corrected chi connectivity index (χ1v) is 9.71. The fourth-order valence-corrected chi connectivity index (χ4v) is 4.33. The van der Waals surface area contributed by atoms with E-state index in [1.807, 2.05) is 30.5 Å². The van der Waals surface area contributed by atoms with Crippen LogP contribution in [0.4, 0.5) is 11.4 Å². The van der Waals surface area contributed by atoms with Crippen LogP contribution in [0.25, 0.3) is 4.96 Å². The summed E-state index contributed by atoms with van der Waals surface area (Å²) < 4.78 is 7.07. The zero-order chi connectivity index (χ0) is 18.1. The molecule has 0 radical (unpaired) electrons. The number of ether oxygens (including phenoxy) is 1. The van der Waals surface area contributed by atoms with Crippen molar-refractivity contribution in [1.82, 2.24) is 9.38 Å². The summed E-state index contributed by atoms with van der Waals surface area (Å²) in [5, 5.41) is 6.04. The third-order valence-electron chi connectivity index (χ3n) is 4.40. The van der Waals surface area contributed by atoms with Gasteiger partial charge in [0, 0.05) is 30.2 Å². The van der Waals surface area contributed by atoms with Crippen molar-refractivity contribution in [1.29, 1.82) is 0 Å². The number of anilines is 2. The molecule has 4 rings (SSSR count). The topological polar surface area (TPSA) is 58.9 Å². The zero-order valence-corrected chi connectivity index (χ0v) is 15.9. The first-order valence-electron chi connectivity index (χ1n) is 8.45. The van der Waals surface area contributed by atoms with Crippen LogP contribution < -0.4 is 15.8 Å². The van der Waals surface area contributed by atoms with E-state index < -0.39 is 0 Å². The summed E-state index contributed by atoms with van der Waals surface area (Å²) >= 11 is 7.93. The lowest BCUT2D eigenvalue weighted by Gasteiger charge is -2.31. The van der Waals surface area contributed by atoms with Crippen molar-refractivity contribution in [3.05, 3.63) is 56.4 Å². The van der Waals surface area contributed by atoms with Crippen molar-refractivity contribution in [2.75, 3.05) is 36.5 Å². The number of halogens is 1. The van der Waals surface area contributed by atoms with E-state index in [-0.39, 0.29) is 5.56 Å². The molecule has 6 nitrogen and oxygen atoms in total. The quantitative estimate of drug-likeness (QED) is 0.741. The minimum absolute atomic E-state index is 0.0509. The monoisotopic (exact) mass is 390 g/mol. The van der Waals surface area contributed by atoms with Crippen molar-refractivity contribution < 1.29 is 4.74 Å². The Morgan fingerprint density at radius 1 is 1.35 bits per heavy atom. The van der Waals surface area contributed by atoms with E-state index in [0.717, 1.165) is 30.2 Å². The summed E-state index contributed by atoms with van der Waals surface area (Å²) in [6, 6.07) is 7.39. The minimum atomic E-state index is -0.0509. The van der Waals surface area contributed by atoms with Crippen LogP contribution in [-0.2, 0) is 11.3 Å². The molecule has 1 saturated heterocycles.